The van der Waals surface area contributed by atoms with Gasteiger partial charge in [-0.15, -0.1) is 0 Å². The van der Waals surface area contributed by atoms with Crippen LogP contribution in [0, 0.1) is 17.1 Å². The molecule has 0 radical (unpaired) electrons. The smallest absolute Gasteiger partial charge is 0.282 e. The summed E-state index contributed by atoms with van der Waals surface area (Å²) in [5.41, 5.74) is 5.49. The van der Waals surface area contributed by atoms with Gasteiger partial charge in [0.25, 0.3) is 5.91 Å². The maximum Gasteiger partial charge on any atom is 0.282 e. The molecule has 1 aromatic heterocycles. The number of rotatable bonds is 7. The number of halogens is 2. The van der Waals surface area contributed by atoms with Crippen LogP contribution in [0.2, 0.25) is 0 Å². The molecule has 10 heteroatoms. The summed E-state index contributed by atoms with van der Waals surface area (Å²) < 4.78 is 35.2. The van der Waals surface area contributed by atoms with Crippen LogP contribution >= 0.6 is 0 Å². The van der Waals surface area contributed by atoms with E-state index in [2.05, 4.69) is 33.4 Å². The molecule has 8 nitrogen and oxygen atoms in total. The van der Waals surface area contributed by atoms with Crippen molar-refractivity contribution in [2.24, 2.45) is 0 Å². The van der Waals surface area contributed by atoms with Crippen LogP contribution in [0.5, 0.6) is 5.88 Å². The molecule has 4 aliphatic heterocycles. The van der Waals surface area contributed by atoms with Crippen LogP contribution in [0.25, 0.3) is 0 Å². The minimum atomic E-state index is -1.01. The third-order valence-electron chi connectivity index (χ3n) is 10.9. The maximum atomic E-state index is 14.8. The lowest BCUT2D eigenvalue weighted by Crippen LogP contribution is -2.55. The Balaban J connectivity index is 1.21. The number of aromatic nitrogens is 1. The maximum absolute atomic E-state index is 14.8. The highest BCUT2D eigenvalue weighted by molar-refractivity contribution is 5.91. The Hall–Kier alpha value is -3.71. The first-order valence-corrected chi connectivity index (χ1v) is 16.6. The van der Waals surface area contributed by atoms with E-state index < -0.39 is 17.8 Å². The van der Waals surface area contributed by atoms with Crippen LogP contribution in [0.15, 0.2) is 30.6 Å². The number of anilines is 2. The number of amides is 1. The molecule has 2 aromatic rings. The van der Waals surface area contributed by atoms with Gasteiger partial charge in [-0.2, -0.15) is 10.2 Å². The van der Waals surface area contributed by atoms with Crippen molar-refractivity contribution in [2.75, 3.05) is 55.7 Å². The standard InChI is InChI=1S/C35H42F2N6O2/c1-24(36)34(44)43-19-18-41(22-26(43)10-14-38)33-27-11-17-40(31-9-8-30(37)28-6-2-3-7-29(28)31)21-25(27)20-32(39-33)45-23-35-12-4-15-42(35)16-5-13-35/h8-9,20,26H,1-7,10-13,15-19,21-23H2/t26-/m0/s1. The van der Waals surface area contributed by atoms with Gasteiger partial charge >= 0.3 is 0 Å². The Labute approximate surface area is 264 Å². The van der Waals surface area contributed by atoms with E-state index in [4.69, 9.17) is 9.72 Å². The zero-order valence-electron chi connectivity index (χ0n) is 26.0. The monoisotopic (exact) mass is 616 g/mol. The second-order valence-electron chi connectivity index (χ2n) is 13.4. The molecule has 0 saturated carbocycles. The molecule has 3 fully saturated rings. The number of ether oxygens (including phenoxy) is 1. The molecule has 0 unspecified atom stereocenters. The van der Waals surface area contributed by atoms with Gasteiger partial charge in [0.2, 0.25) is 5.88 Å². The zero-order valence-corrected chi connectivity index (χ0v) is 26.0. The van der Waals surface area contributed by atoms with Gasteiger partial charge in [-0.3, -0.25) is 9.69 Å². The number of carbonyl (C=O) groups excluding carboxylic acids is 1. The molecule has 1 atom stereocenters. The van der Waals surface area contributed by atoms with Crippen molar-refractivity contribution in [1.82, 2.24) is 14.8 Å². The predicted octanol–water partition coefficient (Wildman–Crippen LogP) is 5.08. The van der Waals surface area contributed by atoms with Crippen LogP contribution in [0.1, 0.15) is 67.2 Å². The van der Waals surface area contributed by atoms with Crippen molar-refractivity contribution in [2.45, 2.75) is 82.3 Å². The van der Waals surface area contributed by atoms with Gasteiger partial charge in [-0.25, -0.2) is 8.78 Å². The third kappa shape index (κ3) is 5.54. The normalized spacial score (nSPS) is 22.4. The van der Waals surface area contributed by atoms with E-state index in [9.17, 15) is 18.8 Å². The van der Waals surface area contributed by atoms with Gasteiger partial charge in [0.15, 0.2) is 5.83 Å². The lowest BCUT2D eigenvalue weighted by molar-refractivity contribution is -0.131. The van der Waals surface area contributed by atoms with Crippen molar-refractivity contribution in [3.63, 3.8) is 0 Å². The molecule has 0 N–H and O–H groups in total. The summed E-state index contributed by atoms with van der Waals surface area (Å²) in [4.78, 5) is 26.2. The SMILES string of the molecule is C=C(F)C(=O)N1CCN(c2nc(OCC34CCCN3CCC4)cc3c2CCN(c2ccc(F)c4c2CCCC4)C3)C[C@@H]1CC#N. The predicted molar refractivity (Wildman–Crippen MR) is 168 cm³/mol. The van der Waals surface area contributed by atoms with Crippen molar-refractivity contribution < 1.29 is 18.3 Å². The number of pyridine rings is 1. The van der Waals surface area contributed by atoms with Gasteiger partial charge in [0, 0.05) is 50.0 Å². The average Bonchev–Trinajstić information content (AvgIpc) is 3.64. The fraction of sp³-hybridized carbons (Fsp3) is 0.571. The summed E-state index contributed by atoms with van der Waals surface area (Å²) in [6.07, 6.45) is 9.30. The Morgan fingerprint density at radius 2 is 1.80 bits per heavy atom. The Morgan fingerprint density at radius 3 is 2.56 bits per heavy atom. The number of piperazine rings is 1. The van der Waals surface area contributed by atoms with Gasteiger partial charge in [-0.1, -0.05) is 6.58 Å². The summed E-state index contributed by atoms with van der Waals surface area (Å²) >= 11 is 0. The van der Waals surface area contributed by atoms with Crippen molar-refractivity contribution in [1.29, 1.82) is 5.26 Å². The summed E-state index contributed by atoms with van der Waals surface area (Å²) in [5, 5.41) is 9.55. The Morgan fingerprint density at radius 1 is 1.02 bits per heavy atom. The van der Waals surface area contributed by atoms with E-state index in [-0.39, 0.29) is 24.3 Å². The van der Waals surface area contributed by atoms with Crippen molar-refractivity contribution >= 4 is 17.4 Å². The lowest BCUT2D eigenvalue weighted by atomic mass is 9.88. The number of benzene rings is 1. The highest BCUT2D eigenvalue weighted by atomic mass is 19.1. The van der Waals surface area contributed by atoms with E-state index in [1.54, 1.807) is 6.07 Å². The first kappa shape index (κ1) is 30.0. The Bertz CT molecular complexity index is 1530. The fourth-order valence-electron chi connectivity index (χ4n) is 8.59. The summed E-state index contributed by atoms with van der Waals surface area (Å²) in [5.74, 6) is -0.442. The minimum absolute atomic E-state index is 0.0790. The van der Waals surface area contributed by atoms with Gasteiger partial charge in [0.1, 0.15) is 18.2 Å². The number of carbonyl (C=O) groups is 1. The third-order valence-corrected chi connectivity index (χ3v) is 10.9. The zero-order chi connectivity index (χ0) is 31.1. The molecule has 0 spiro atoms. The topological polar surface area (TPSA) is 75.9 Å². The van der Waals surface area contributed by atoms with Gasteiger partial charge in [-0.05, 0) is 99.7 Å². The molecule has 0 bridgehead atoms. The average molecular weight is 617 g/mol. The van der Waals surface area contributed by atoms with Crippen molar-refractivity contribution in [3.05, 3.63) is 58.7 Å². The second-order valence-corrected chi connectivity index (χ2v) is 13.4. The van der Waals surface area contributed by atoms with Crippen LogP contribution in [0.4, 0.5) is 20.3 Å². The van der Waals surface area contributed by atoms with Gasteiger partial charge < -0.3 is 19.4 Å². The lowest BCUT2D eigenvalue weighted by Gasteiger charge is -2.42. The van der Waals surface area contributed by atoms with Crippen molar-refractivity contribution in [3.8, 4) is 11.9 Å². The summed E-state index contributed by atoms with van der Waals surface area (Å²) in [6, 6.07) is 7.36. The molecule has 7 rings (SSSR count). The first-order chi connectivity index (χ1) is 21.9. The number of nitrogens with zero attached hydrogens (tertiary/aromatic N) is 6. The molecule has 45 heavy (non-hydrogen) atoms. The number of hydrogen-bond acceptors (Lipinski definition) is 7. The van der Waals surface area contributed by atoms with Gasteiger partial charge in [0.05, 0.1) is 24.1 Å². The van der Waals surface area contributed by atoms with E-state index in [0.717, 1.165) is 98.3 Å². The summed E-state index contributed by atoms with van der Waals surface area (Å²) in [6.45, 7) is 8.61. The highest BCUT2D eigenvalue weighted by Crippen LogP contribution is 2.41. The Kier molecular flexibility index (Phi) is 8.15. The van der Waals surface area contributed by atoms with E-state index in [1.165, 1.54) is 17.7 Å². The summed E-state index contributed by atoms with van der Waals surface area (Å²) in [7, 11) is 0. The largest absolute Gasteiger partial charge is 0.476 e. The number of hydrogen-bond donors (Lipinski definition) is 0. The molecule has 1 aromatic carbocycles. The minimum Gasteiger partial charge on any atom is -0.476 e. The highest BCUT2D eigenvalue weighted by Gasteiger charge is 2.45. The number of nitriles is 1. The quantitative estimate of drug-likeness (QED) is 0.402. The fourth-order valence-corrected chi connectivity index (χ4v) is 8.59. The second kappa shape index (κ2) is 12.2. The first-order valence-electron chi connectivity index (χ1n) is 16.6. The molecule has 5 heterocycles. The van der Waals surface area contributed by atoms with Crippen LogP contribution in [-0.4, -0.2) is 78.1 Å². The molecule has 238 valence electrons. The van der Waals surface area contributed by atoms with E-state index >= 15 is 0 Å². The molecular weight excluding hydrogens is 574 g/mol. The van der Waals surface area contributed by atoms with Crippen LogP contribution in [0.3, 0.4) is 0 Å². The number of fused-ring (bicyclic) bond motifs is 3. The molecule has 3 saturated heterocycles. The van der Waals surface area contributed by atoms with E-state index in [1.807, 2.05) is 6.07 Å². The molecule has 1 aliphatic carbocycles. The molecular formula is C35H42F2N6O2. The van der Waals surface area contributed by atoms with Crippen LogP contribution < -0.4 is 14.5 Å². The van der Waals surface area contributed by atoms with E-state index in [0.29, 0.717) is 32.1 Å². The molecule has 5 aliphatic rings. The van der Waals surface area contributed by atoms with Crippen LogP contribution in [-0.2, 0) is 30.6 Å². The molecule has 1 amide bonds.